The second-order valence-corrected chi connectivity index (χ2v) is 5.79. The maximum Gasteiger partial charge on any atom is 0.150 e. The van der Waals surface area contributed by atoms with Gasteiger partial charge in [0.25, 0.3) is 0 Å². The number of rotatable bonds is 12. The molecule has 0 saturated heterocycles. The van der Waals surface area contributed by atoms with Crippen molar-refractivity contribution in [3.63, 3.8) is 0 Å². The lowest BCUT2D eigenvalue weighted by Gasteiger charge is -2.03. The second-order valence-electron chi connectivity index (χ2n) is 5.79. The molecule has 0 aromatic heterocycles. The van der Waals surface area contributed by atoms with Crippen LogP contribution < -0.4 is 0 Å². The van der Waals surface area contributed by atoms with Gasteiger partial charge in [-0.25, -0.2) is 0 Å². The number of hydrogen-bond acceptors (Lipinski definition) is 1. The number of carbonyl (C=O) groups is 1. The van der Waals surface area contributed by atoms with E-state index in [0.29, 0.717) is 0 Å². The minimum atomic E-state index is 0.775. The van der Waals surface area contributed by atoms with Crippen molar-refractivity contribution in [1.82, 2.24) is 0 Å². The summed E-state index contributed by atoms with van der Waals surface area (Å²) in [6.07, 6.45) is 15.9. The highest BCUT2D eigenvalue weighted by molar-refractivity contribution is 5.74. The minimum absolute atomic E-state index is 0.775. The third kappa shape index (κ3) is 8.14. The monoisotopic (exact) mass is 274 g/mol. The summed E-state index contributed by atoms with van der Waals surface area (Å²) in [5.41, 5.74) is 2.13. The quantitative estimate of drug-likeness (QED) is 0.339. The zero-order valence-corrected chi connectivity index (χ0v) is 13.1. The van der Waals surface area contributed by atoms with Gasteiger partial charge < -0.3 is 0 Å². The summed E-state index contributed by atoms with van der Waals surface area (Å²) >= 11 is 0. The molecule has 0 aliphatic carbocycles. The number of hydrogen-bond donors (Lipinski definition) is 0. The summed E-state index contributed by atoms with van der Waals surface area (Å²) in [5.74, 6) is 0. The fourth-order valence-corrected chi connectivity index (χ4v) is 2.58. The molecule has 112 valence electrons. The first-order valence-electron chi connectivity index (χ1n) is 8.41. The molecule has 1 aromatic carbocycles. The summed E-state index contributed by atoms with van der Waals surface area (Å²) in [7, 11) is 0. The van der Waals surface area contributed by atoms with Gasteiger partial charge in [-0.1, -0.05) is 89.0 Å². The van der Waals surface area contributed by atoms with Gasteiger partial charge in [0.05, 0.1) is 0 Å². The molecule has 0 bridgehead atoms. The SMILES string of the molecule is CCCCCCCCCCCCc1ccc(C=O)cc1. The Morgan fingerprint density at radius 2 is 1.25 bits per heavy atom. The van der Waals surface area contributed by atoms with Crippen LogP contribution in [0.2, 0.25) is 0 Å². The third-order valence-electron chi connectivity index (χ3n) is 3.93. The molecule has 0 aliphatic heterocycles. The molecule has 1 nitrogen and oxygen atoms in total. The van der Waals surface area contributed by atoms with E-state index in [9.17, 15) is 4.79 Å². The molecule has 0 fully saturated rings. The molecular weight excluding hydrogens is 244 g/mol. The van der Waals surface area contributed by atoms with Crippen LogP contribution in [0.25, 0.3) is 0 Å². The lowest BCUT2D eigenvalue weighted by Crippen LogP contribution is -1.88. The topological polar surface area (TPSA) is 17.1 Å². The van der Waals surface area contributed by atoms with Gasteiger partial charge in [-0.2, -0.15) is 0 Å². The number of aldehydes is 1. The lowest BCUT2D eigenvalue weighted by molar-refractivity contribution is 0.112. The van der Waals surface area contributed by atoms with Crippen molar-refractivity contribution < 1.29 is 4.79 Å². The largest absolute Gasteiger partial charge is 0.298 e. The highest BCUT2D eigenvalue weighted by atomic mass is 16.1. The minimum Gasteiger partial charge on any atom is -0.298 e. The average molecular weight is 274 g/mol. The fraction of sp³-hybridized carbons (Fsp3) is 0.632. The van der Waals surface area contributed by atoms with Crippen molar-refractivity contribution in [2.75, 3.05) is 0 Å². The van der Waals surface area contributed by atoms with E-state index in [1.807, 2.05) is 12.1 Å². The number of aryl methyl sites for hydroxylation is 1. The normalized spacial score (nSPS) is 10.7. The van der Waals surface area contributed by atoms with E-state index in [2.05, 4.69) is 19.1 Å². The van der Waals surface area contributed by atoms with E-state index in [1.165, 1.54) is 69.8 Å². The maximum absolute atomic E-state index is 10.6. The van der Waals surface area contributed by atoms with Gasteiger partial charge >= 0.3 is 0 Å². The van der Waals surface area contributed by atoms with Gasteiger partial charge in [-0.15, -0.1) is 0 Å². The Morgan fingerprint density at radius 3 is 1.75 bits per heavy atom. The standard InChI is InChI=1S/C19H30O/c1-2-3-4-5-6-7-8-9-10-11-12-18-13-15-19(17-20)16-14-18/h13-17H,2-12H2,1H3. The zero-order chi connectivity index (χ0) is 14.5. The molecular formula is C19H30O. The average Bonchev–Trinajstić information content (AvgIpc) is 2.50. The first kappa shape index (κ1) is 16.9. The van der Waals surface area contributed by atoms with Crippen molar-refractivity contribution in [3.05, 3.63) is 35.4 Å². The predicted octanol–water partition coefficient (Wildman–Crippen LogP) is 5.96. The predicted molar refractivity (Wildman–Crippen MR) is 87.4 cm³/mol. The van der Waals surface area contributed by atoms with Crippen LogP contribution in [-0.2, 0) is 6.42 Å². The van der Waals surface area contributed by atoms with E-state index in [0.717, 1.165) is 18.3 Å². The second kappa shape index (κ2) is 11.7. The van der Waals surface area contributed by atoms with Crippen molar-refractivity contribution in [2.45, 2.75) is 77.6 Å². The fourth-order valence-electron chi connectivity index (χ4n) is 2.58. The number of carbonyl (C=O) groups excluding carboxylic acids is 1. The summed E-state index contributed by atoms with van der Waals surface area (Å²) in [5, 5.41) is 0. The highest BCUT2D eigenvalue weighted by Crippen LogP contribution is 2.12. The van der Waals surface area contributed by atoms with Crippen LogP contribution >= 0.6 is 0 Å². The van der Waals surface area contributed by atoms with E-state index in [4.69, 9.17) is 0 Å². The van der Waals surface area contributed by atoms with Crippen LogP contribution in [0.5, 0.6) is 0 Å². The third-order valence-corrected chi connectivity index (χ3v) is 3.93. The first-order valence-corrected chi connectivity index (χ1v) is 8.41. The molecule has 0 spiro atoms. The van der Waals surface area contributed by atoms with Gasteiger partial charge in [0.1, 0.15) is 6.29 Å². The van der Waals surface area contributed by atoms with E-state index in [-0.39, 0.29) is 0 Å². The molecule has 1 rings (SSSR count). The van der Waals surface area contributed by atoms with E-state index >= 15 is 0 Å². The molecule has 0 amide bonds. The molecule has 20 heavy (non-hydrogen) atoms. The Balaban J connectivity index is 1.92. The van der Waals surface area contributed by atoms with Crippen molar-refractivity contribution in [3.8, 4) is 0 Å². The van der Waals surface area contributed by atoms with Gasteiger partial charge in [-0.05, 0) is 18.4 Å². The molecule has 0 N–H and O–H groups in total. The highest BCUT2D eigenvalue weighted by Gasteiger charge is 1.96. The summed E-state index contributed by atoms with van der Waals surface area (Å²) < 4.78 is 0. The zero-order valence-electron chi connectivity index (χ0n) is 13.1. The van der Waals surface area contributed by atoms with Crippen LogP contribution in [0.15, 0.2) is 24.3 Å². The molecule has 0 aliphatic rings. The Kier molecular flexibility index (Phi) is 9.91. The summed E-state index contributed by atoms with van der Waals surface area (Å²) in [4.78, 5) is 10.6. The molecule has 0 saturated carbocycles. The summed E-state index contributed by atoms with van der Waals surface area (Å²) in [6, 6.07) is 7.99. The molecule has 0 atom stereocenters. The van der Waals surface area contributed by atoms with Crippen molar-refractivity contribution in [2.24, 2.45) is 0 Å². The Bertz CT molecular complexity index is 339. The molecule has 0 radical (unpaired) electrons. The van der Waals surface area contributed by atoms with Crippen LogP contribution in [0.1, 0.15) is 87.1 Å². The number of unbranched alkanes of at least 4 members (excludes halogenated alkanes) is 9. The Hall–Kier alpha value is -1.11. The molecule has 1 heteroatoms. The van der Waals surface area contributed by atoms with Gasteiger partial charge in [0.15, 0.2) is 0 Å². The van der Waals surface area contributed by atoms with Crippen molar-refractivity contribution in [1.29, 1.82) is 0 Å². The molecule has 0 heterocycles. The van der Waals surface area contributed by atoms with Crippen LogP contribution in [0.3, 0.4) is 0 Å². The smallest absolute Gasteiger partial charge is 0.150 e. The van der Waals surface area contributed by atoms with Gasteiger partial charge in [0, 0.05) is 5.56 Å². The lowest BCUT2D eigenvalue weighted by atomic mass is 10.0. The Labute approximate surface area is 124 Å². The number of benzene rings is 1. The molecule has 0 unspecified atom stereocenters. The first-order chi connectivity index (χ1) is 9.86. The Morgan fingerprint density at radius 1 is 0.750 bits per heavy atom. The maximum atomic E-state index is 10.6. The van der Waals surface area contributed by atoms with Gasteiger partial charge in [0.2, 0.25) is 0 Å². The van der Waals surface area contributed by atoms with Crippen LogP contribution in [0, 0.1) is 0 Å². The van der Waals surface area contributed by atoms with E-state index in [1.54, 1.807) is 0 Å². The van der Waals surface area contributed by atoms with Crippen LogP contribution in [0.4, 0.5) is 0 Å². The van der Waals surface area contributed by atoms with Crippen molar-refractivity contribution >= 4 is 6.29 Å². The van der Waals surface area contributed by atoms with Crippen LogP contribution in [-0.4, -0.2) is 6.29 Å². The summed E-state index contributed by atoms with van der Waals surface area (Å²) in [6.45, 7) is 2.27. The molecule has 1 aromatic rings. The van der Waals surface area contributed by atoms with E-state index < -0.39 is 0 Å². The van der Waals surface area contributed by atoms with Gasteiger partial charge in [-0.3, -0.25) is 4.79 Å².